The molecule has 0 saturated heterocycles. The van der Waals surface area contributed by atoms with Crippen molar-refractivity contribution in [2.24, 2.45) is 0 Å². The molecule has 1 aliphatic heterocycles. The number of hydrogen-bond acceptors (Lipinski definition) is 4. The Morgan fingerprint density at radius 1 is 1.10 bits per heavy atom. The molecule has 0 saturated carbocycles. The van der Waals surface area contributed by atoms with Gasteiger partial charge in [-0.2, -0.15) is 0 Å². The molecule has 0 radical (unpaired) electrons. The number of hydrogen-bond donors (Lipinski definition) is 1. The van der Waals surface area contributed by atoms with Crippen LogP contribution in [0.2, 0.25) is 0 Å². The Morgan fingerprint density at radius 3 is 2.62 bits per heavy atom. The van der Waals surface area contributed by atoms with E-state index in [9.17, 15) is 14.1 Å². The van der Waals surface area contributed by atoms with E-state index < -0.39 is 16.8 Å². The van der Waals surface area contributed by atoms with Crippen LogP contribution in [0.15, 0.2) is 72.1 Å². The molecule has 5 rings (SSSR count). The van der Waals surface area contributed by atoms with E-state index in [1.807, 2.05) is 24.3 Å². The number of rotatable bonds is 8. The van der Waals surface area contributed by atoms with Gasteiger partial charge in [-0.1, -0.05) is 48.4 Å². The third-order valence-electron chi connectivity index (χ3n) is 7.03. The first-order valence-corrected chi connectivity index (χ1v) is 15.3. The zero-order valence-corrected chi connectivity index (χ0v) is 23.7. The number of benzene rings is 3. The van der Waals surface area contributed by atoms with Crippen molar-refractivity contribution < 1.29 is 18.8 Å². The summed E-state index contributed by atoms with van der Waals surface area (Å²) < 4.78 is 19.0. The molecular weight excluding hydrogens is 524 g/mol. The maximum atomic E-state index is 11.7. The van der Waals surface area contributed by atoms with Crippen LogP contribution in [0.3, 0.4) is 0 Å². The summed E-state index contributed by atoms with van der Waals surface area (Å²) in [5, 5.41) is 12.6. The normalized spacial score (nSPS) is 15.7. The van der Waals surface area contributed by atoms with Gasteiger partial charge in [0, 0.05) is 38.0 Å². The van der Waals surface area contributed by atoms with Crippen molar-refractivity contribution in [3.05, 3.63) is 94.4 Å². The highest BCUT2D eigenvalue weighted by Crippen LogP contribution is 2.37. The van der Waals surface area contributed by atoms with Crippen LogP contribution in [0.4, 0.5) is 0 Å². The second kappa shape index (κ2) is 12.0. The van der Waals surface area contributed by atoms with Crippen molar-refractivity contribution in [3.63, 3.8) is 0 Å². The Labute approximate surface area is 235 Å². The molecular formula is C33H30O4S2. The highest BCUT2D eigenvalue weighted by Gasteiger charge is 2.15. The van der Waals surface area contributed by atoms with Gasteiger partial charge in [0.25, 0.3) is 0 Å². The number of allylic oxidation sites excluding steroid dienone is 1. The van der Waals surface area contributed by atoms with Crippen molar-refractivity contribution in [1.29, 1.82) is 0 Å². The van der Waals surface area contributed by atoms with Gasteiger partial charge in [-0.25, -0.2) is 0 Å². The second-order valence-corrected chi connectivity index (χ2v) is 12.2. The van der Waals surface area contributed by atoms with Gasteiger partial charge < -0.3 is 9.84 Å². The van der Waals surface area contributed by atoms with Crippen molar-refractivity contribution in [1.82, 2.24) is 0 Å². The molecule has 2 atom stereocenters. The molecule has 2 unspecified atom stereocenters. The quantitative estimate of drug-likeness (QED) is 0.228. The lowest BCUT2D eigenvalue weighted by molar-refractivity contribution is -0.137. The maximum Gasteiger partial charge on any atom is 0.304 e. The molecule has 4 aromatic rings. The molecule has 1 aromatic heterocycles. The van der Waals surface area contributed by atoms with E-state index in [1.54, 1.807) is 18.3 Å². The number of aliphatic carboxylic acids is 1. The van der Waals surface area contributed by atoms with Crippen molar-refractivity contribution in [2.75, 3.05) is 11.5 Å². The number of carbonyl (C=O) groups is 1. The van der Waals surface area contributed by atoms with E-state index >= 15 is 0 Å². The van der Waals surface area contributed by atoms with Gasteiger partial charge in [-0.05, 0) is 83.3 Å². The number of carboxylic acids is 1. The zero-order valence-electron chi connectivity index (χ0n) is 22.0. The molecule has 1 N–H and O–H groups in total. The summed E-state index contributed by atoms with van der Waals surface area (Å²) in [4.78, 5) is 11.2. The smallest absolute Gasteiger partial charge is 0.304 e. The average molecular weight is 555 g/mol. The summed E-state index contributed by atoms with van der Waals surface area (Å²) in [6, 6.07) is 20.7. The van der Waals surface area contributed by atoms with Gasteiger partial charge in [0.15, 0.2) is 0 Å². The molecule has 0 bridgehead atoms. The van der Waals surface area contributed by atoms with Gasteiger partial charge in [0.05, 0.1) is 12.3 Å². The minimum atomic E-state index is -0.863. The summed E-state index contributed by atoms with van der Waals surface area (Å²) in [5.74, 6) is 6.74. The third kappa shape index (κ3) is 6.33. The standard InChI is InChI=1S/C33H30O4S2/c1-3-4-26(19-33(34)35)24-6-9-28(10-7-24)37-20-23-5-12-32-30(18-23)31(21-38-32)29-11-8-27(17-22(29)2)25-13-15-39(36)16-14-25/h5-13,17-18,21,26H,14-16,19-20H2,1-2H3,(H,34,35). The summed E-state index contributed by atoms with van der Waals surface area (Å²) in [6.07, 6.45) is 2.97. The average Bonchev–Trinajstić information content (AvgIpc) is 3.35. The van der Waals surface area contributed by atoms with E-state index in [0.29, 0.717) is 12.4 Å². The summed E-state index contributed by atoms with van der Waals surface area (Å²) in [7, 11) is -0.717. The van der Waals surface area contributed by atoms with E-state index in [4.69, 9.17) is 4.74 Å². The first-order chi connectivity index (χ1) is 18.9. The second-order valence-electron chi connectivity index (χ2n) is 9.70. The number of aryl methyl sites for hydroxylation is 1. The van der Waals surface area contributed by atoms with E-state index in [1.165, 1.54) is 37.9 Å². The number of ether oxygens (including phenoxy) is 1. The third-order valence-corrected chi connectivity index (χ3v) is 9.19. The van der Waals surface area contributed by atoms with E-state index in [0.717, 1.165) is 29.1 Å². The largest absolute Gasteiger partial charge is 0.489 e. The summed E-state index contributed by atoms with van der Waals surface area (Å²) in [5.41, 5.74) is 8.16. The van der Waals surface area contributed by atoms with Crippen molar-refractivity contribution >= 4 is 43.8 Å². The molecule has 0 spiro atoms. The molecule has 4 nitrogen and oxygen atoms in total. The van der Waals surface area contributed by atoms with E-state index in [-0.39, 0.29) is 12.3 Å². The molecule has 1 aliphatic rings. The minimum absolute atomic E-state index is 0.0216. The van der Waals surface area contributed by atoms with Crippen LogP contribution in [-0.4, -0.2) is 26.8 Å². The molecule has 3 aromatic carbocycles. The summed E-state index contributed by atoms with van der Waals surface area (Å²) in [6.45, 7) is 4.32. The van der Waals surface area contributed by atoms with Gasteiger partial charge in [0.2, 0.25) is 0 Å². The monoisotopic (exact) mass is 554 g/mol. The van der Waals surface area contributed by atoms with Gasteiger partial charge >= 0.3 is 5.97 Å². The van der Waals surface area contributed by atoms with Gasteiger partial charge in [-0.3, -0.25) is 9.00 Å². The fourth-order valence-electron chi connectivity index (χ4n) is 4.97. The zero-order chi connectivity index (χ0) is 27.4. The molecule has 6 heteroatoms. The molecule has 2 heterocycles. The Morgan fingerprint density at radius 2 is 1.92 bits per heavy atom. The SMILES string of the molecule is CC#CC(CC(=O)O)c1ccc(OCc2ccc3scc(-c4ccc(C5=CCS(=O)CC5)cc4C)c3c2)cc1. The molecule has 0 amide bonds. The Balaban J connectivity index is 1.32. The van der Waals surface area contributed by atoms with Crippen molar-refractivity contribution in [2.45, 2.75) is 39.2 Å². The Bertz CT molecular complexity index is 1630. The number of thiophene rings is 1. The predicted octanol–water partition coefficient (Wildman–Crippen LogP) is 7.57. The van der Waals surface area contributed by atoms with Crippen LogP contribution in [0.5, 0.6) is 5.75 Å². The fraction of sp³-hybridized carbons (Fsp3) is 0.242. The first kappa shape index (κ1) is 26.9. The lowest BCUT2D eigenvalue weighted by Gasteiger charge is -2.15. The lowest BCUT2D eigenvalue weighted by Crippen LogP contribution is -2.08. The Kier molecular flexibility index (Phi) is 8.30. The van der Waals surface area contributed by atoms with E-state index in [2.05, 4.69) is 66.6 Å². The van der Waals surface area contributed by atoms with Crippen LogP contribution in [0.25, 0.3) is 26.8 Å². The Hall–Kier alpha value is -3.66. The minimum Gasteiger partial charge on any atom is -0.489 e. The lowest BCUT2D eigenvalue weighted by atomic mass is 9.94. The van der Waals surface area contributed by atoms with Crippen molar-refractivity contribution in [3.8, 4) is 28.7 Å². The highest BCUT2D eigenvalue weighted by molar-refractivity contribution is 7.85. The molecule has 198 valence electrons. The molecule has 0 fully saturated rings. The molecule has 0 aliphatic carbocycles. The number of carboxylic acid groups (broad SMARTS) is 1. The topological polar surface area (TPSA) is 63.6 Å². The molecule has 39 heavy (non-hydrogen) atoms. The van der Waals surface area contributed by atoms with Crippen LogP contribution in [0.1, 0.15) is 47.9 Å². The van der Waals surface area contributed by atoms with Crippen LogP contribution < -0.4 is 4.74 Å². The fourth-order valence-corrected chi connectivity index (χ4v) is 6.91. The highest BCUT2D eigenvalue weighted by atomic mass is 32.2. The van der Waals surface area contributed by atoms with Gasteiger partial charge in [0.1, 0.15) is 12.4 Å². The predicted molar refractivity (Wildman–Crippen MR) is 162 cm³/mol. The van der Waals surface area contributed by atoms with Crippen LogP contribution >= 0.6 is 11.3 Å². The summed E-state index contributed by atoms with van der Waals surface area (Å²) >= 11 is 1.75. The van der Waals surface area contributed by atoms with Crippen LogP contribution in [-0.2, 0) is 22.2 Å². The van der Waals surface area contributed by atoms with Crippen LogP contribution in [0, 0.1) is 18.8 Å². The number of fused-ring (bicyclic) bond motifs is 1. The first-order valence-electron chi connectivity index (χ1n) is 12.9. The van der Waals surface area contributed by atoms with Gasteiger partial charge in [-0.15, -0.1) is 17.3 Å². The maximum absolute atomic E-state index is 11.7.